The van der Waals surface area contributed by atoms with Gasteiger partial charge in [0.05, 0.1) is 0 Å². The summed E-state index contributed by atoms with van der Waals surface area (Å²) in [6.07, 6.45) is 18.1. The maximum Gasteiger partial charge on any atom is 0.00314 e. The average Bonchev–Trinajstić information content (AvgIpc) is 2.47. The molecule has 0 radical (unpaired) electrons. The molecule has 0 atom stereocenters. The van der Waals surface area contributed by atoms with E-state index >= 15 is 0 Å². The third-order valence-corrected chi connectivity index (χ3v) is 6.45. The second kappa shape index (κ2) is 8.70. The Balaban J connectivity index is 1.65. The van der Waals surface area contributed by atoms with Gasteiger partial charge in [0.1, 0.15) is 0 Å². The molecule has 0 aromatic carbocycles. The maximum absolute atomic E-state index is 3.57. The summed E-state index contributed by atoms with van der Waals surface area (Å²) in [6.45, 7) is 2.35. The Morgan fingerprint density at radius 3 is 1.63 bits per heavy atom. The Morgan fingerprint density at radius 2 is 1.21 bits per heavy atom. The first-order valence-electron chi connectivity index (χ1n) is 8.89. The van der Waals surface area contributed by atoms with E-state index in [-0.39, 0.29) is 0 Å². The Morgan fingerprint density at radius 1 is 0.737 bits per heavy atom. The Kier molecular flexibility index (Phi) is 7.26. The number of halogens is 1. The standard InChI is InChI=1S/C18H33Br/c1-2-4-15-6-10-17(11-7-15)18-12-8-16(9-13-18)5-3-14-19/h15-18H,2-14H2,1H3/t15-,16?,17-,18?. The van der Waals surface area contributed by atoms with Gasteiger partial charge in [-0.15, -0.1) is 0 Å². The Labute approximate surface area is 129 Å². The first-order valence-corrected chi connectivity index (χ1v) is 10.0. The van der Waals surface area contributed by atoms with E-state index in [4.69, 9.17) is 0 Å². The maximum atomic E-state index is 3.57. The van der Waals surface area contributed by atoms with Crippen molar-refractivity contribution in [3.63, 3.8) is 0 Å². The van der Waals surface area contributed by atoms with Crippen LogP contribution in [0.15, 0.2) is 0 Å². The van der Waals surface area contributed by atoms with Crippen molar-refractivity contribution in [1.29, 1.82) is 0 Å². The molecule has 2 aliphatic rings. The molecule has 2 fully saturated rings. The summed E-state index contributed by atoms with van der Waals surface area (Å²) in [5.74, 6) is 4.34. The minimum Gasteiger partial charge on any atom is -0.0928 e. The van der Waals surface area contributed by atoms with Crippen LogP contribution in [0, 0.1) is 23.7 Å². The van der Waals surface area contributed by atoms with E-state index in [9.17, 15) is 0 Å². The van der Waals surface area contributed by atoms with Gasteiger partial charge >= 0.3 is 0 Å². The normalized spacial score (nSPS) is 36.3. The van der Waals surface area contributed by atoms with E-state index in [1.807, 2.05) is 0 Å². The number of hydrogen-bond donors (Lipinski definition) is 0. The van der Waals surface area contributed by atoms with E-state index in [1.165, 1.54) is 43.9 Å². The van der Waals surface area contributed by atoms with Crippen LogP contribution in [0.25, 0.3) is 0 Å². The summed E-state index contributed by atoms with van der Waals surface area (Å²) in [5.41, 5.74) is 0. The molecule has 0 aliphatic heterocycles. The van der Waals surface area contributed by atoms with Crippen molar-refractivity contribution >= 4 is 15.9 Å². The number of alkyl halides is 1. The van der Waals surface area contributed by atoms with Crippen molar-refractivity contribution in [3.8, 4) is 0 Å². The van der Waals surface area contributed by atoms with Gasteiger partial charge in [0.2, 0.25) is 0 Å². The highest BCUT2D eigenvalue weighted by Crippen LogP contribution is 2.42. The quantitative estimate of drug-likeness (QED) is 0.483. The predicted molar refractivity (Wildman–Crippen MR) is 88.8 cm³/mol. The van der Waals surface area contributed by atoms with Gasteiger partial charge in [-0.2, -0.15) is 0 Å². The third kappa shape index (κ3) is 5.06. The van der Waals surface area contributed by atoms with E-state index in [0.29, 0.717) is 0 Å². The summed E-state index contributed by atoms with van der Waals surface area (Å²) >= 11 is 3.57. The molecule has 0 bridgehead atoms. The van der Waals surface area contributed by atoms with Crippen LogP contribution < -0.4 is 0 Å². The average molecular weight is 329 g/mol. The van der Waals surface area contributed by atoms with Crippen LogP contribution in [0.5, 0.6) is 0 Å². The molecule has 0 amide bonds. The van der Waals surface area contributed by atoms with Crippen molar-refractivity contribution in [3.05, 3.63) is 0 Å². The van der Waals surface area contributed by atoms with Crippen LogP contribution in [0.4, 0.5) is 0 Å². The molecule has 0 unspecified atom stereocenters. The van der Waals surface area contributed by atoms with Crippen molar-refractivity contribution in [2.24, 2.45) is 23.7 Å². The fourth-order valence-electron chi connectivity index (χ4n) is 4.67. The summed E-state index contributed by atoms with van der Waals surface area (Å²) in [7, 11) is 0. The van der Waals surface area contributed by atoms with Crippen molar-refractivity contribution < 1.29 is 0 Å². The van der Waals surface area contributed by atoms with Crippen LogP contribution in [-0.2, 0) is 0 Å². The van der Waals surface area contributed by atoms with Gasteiger partial charge in [0.25, 0.3) is 0 Å². The van der Waals surface area contributed by atoms with Crippen LogP contribution in [0.1, 0.15) is 84.0 Å². The molecule has 2 rings (SSSR count). The van der Waals surface area contributed by atoms with Crippen LogP contribution in [0.2, 0.25) is 0 Å². The first kappa shape index (κ1) is 15.9. The highest BCUT2D eigenvalue weighted by Gasteiger charge is 2.30. The topological polar surface area (TPSA) is 0 Å². The number of rotatable bonds is 6. The summed E-state index contributed by atoms with van der Waals surface area (Å²) in [6, 6.07) is 0. The van der Waals surface area contributed by atoms with Crippen molar-refractivity contribution in [1.82, 2.24) is 0 Å². The predicted octanol–water partition coefficient (Wildman–Crippen LogP) is 6.57. The molecule has 0 heterocycles. The van der Waals surface area contributed by atoms with Crippen LogP contribution in [0.3, 0.4) is 0 Å². The zero-order chi connectivity index (χ0) is 13.5. The Hall–Kier alpha value is 0.480. The monoisotopic (exact) mass is 328 g/mol. The van der Waals surface area contributed by atoms with Gasteiger partial charge in [-0.25, -0.2) is 0 Å². The summed E-state index contributed by atoms with van der Waals surface area (Å²) < 4.78 is 0. The van der Waals surface area contributed by atoms with Crippen LogP contribution >= 0.6 is 15.9 Å². The Bertz CT molecular complexity index is 222. The second-order valence-electron chi connectivity index (χ2n) is 7.18. The lowest BCUT2D eigenvalue weighted by atomic mass is 9.68. The van der Waals surface area contributed by atoms with E-state index in [2.05, 4.69) is 22.9 Å². The van der Waals surface area contributed by atoms with Crippen LogP contribution in [-0.4, -0.2) is 5.33 Å². The minimum atomic E-state index is 1.06. The molecule has 0 aromatic rings. The van der Waals surface area contributed by atoms with E-state index < -0.39 is 0 Å². The smallest absolute Gasteiger partial charge is 0.00314 e. The lowest BCUT2D eigenvalue weighted by Gasteiger charge is -2.38. The lowest BCUT2D eigenvalue weighted by molar-refractivity contribution is 0.141. The molecule has 112 valence electrons. The molecule has 0 nitrogen and oxygen atoms in total. The van der Waals surface area contributed by atoms with Gasteiger partial charge in [0, 0.05) is 5.33 Å². The molecule has 2 saturated carbocycles. The van der Waals surface area contributed by atoms with Gasteiger partial charge in [-0.05, 0) is 62.2 Å². The zero-order valence-corrected chi connectivity index (χ0v) is 14.5. The molecule has 19 heavy (non-hydrogen) atoms. The fraction of sp³-hybridized carbons (Fsp3) is 1.00. The molecule has 0 saturated heterocycles. The molecular formula is C18H33Br. The molecule has 1 heteroatoms. The van der Waals surface area contributed by atoms with Gasteiger partial charge in [0.15, 0.2) is 0 Å². The molecule has 0 N–H and O–H groups in total. The first-order chi connectivity index (χ1) is 9.33. The fourth-order valence-corrected chi connectivity index (χ4v) is 4.99. The minimum absolute atomic E-state index is 1.06. The summed E-state index contributed by atoms with van der Waals surface area (Å²) in [4.78, 5) is 0. The zero-order valence-electron chi connectivity index (χ0n) is 12.9. The number of hydrogen-bond acceptors (Lipinski definition) is 0. The van der Waals surface area contributed by atoms with E-state index in [1.54, 1.807) is 38.5 Å². The van der Waals surface area contributed by atoms with Gasteiger partial charge in [-0.3, -0.25) is 0 Å². The van der Waals surface area contributed by atoms with Gasteiger partial charge < -0.3 is 0 Å². The highest BCUT2D eigenvalue weighted by atomic mass is 79.9. The largest absolute Gasteiger partial charge is 0.0928 e. The second-order valence-corrected chi connectivity index (χ2v) is 7.97. The molecular weight excluding hydrogens is 296 g/mol. The highest BCUT2D eigenvalue weighted by molar-refractivity contribution is 9.09. The molecule has 2 aliphatic carbocycles. The SMILES string of the molecule is CCC[C@H]1CC[C@H](C2CCC(CCCBr)CC2)CC1. The van der Waals surface area contributed by atoms with Crippen molar-refractivity contribution in [2.75, 3.05) is 5.33 Å². The molecule has 0 aromatic heterocycles. The van der Waals surface area contributed by atoms with Gasteiger partial charge in [-0.1, -0.05) is 61.4 Å². The molecule has 0 spiro atoms. The van der Waals surface area contributed by atoms with Crippen molar-refractivity contribution in [2.45, 2.75) is 84.0 Å². The lowest BCUT2D eigenvalue weighted by Crippen LogP contribution is -2.25. The van der Waals surface area contributed by atoms with E-state index in [0.717, 1.165) is 23.7 Å². The summed E-state index contributed by atoms with van der Waals surface area (Å²) in [5, 5.41) is 1.20. The third-order valence-electron chi connectivity index (χ3n) is 5.89.